The van der Waals surface area contributed by atoms with E-state index in [1.165, 1.54) is 32.1 Å². The Bertz CT molecular complexity index is 232. The Morgan fingerprint density at radius 1 is 0.842 bits per heavy atom. The van der Waals surface area contributed by atoms with Crippen LogP contribution in [0.1, 0.15) is 80.6 Å². The van der Waals surface area contributed by atoms with Gasteiger partial charge >= 0.3 is 0 Å². The molecule has 1 aliphatic rings. The summed E-state index contributed by atoms with van der Waals surface area (Å²) in [5.41, 5.74) is 0. The van der Waals surface area contributed by atoms with Crippen LogP contribution in [0, 0.1) is 41.4 Å². The van der Waals surface area contributed by atoms with Crippen LogP contribution in [0.25, 0.3) is 0 Å². The molecular formula is C19H38. The van der Waals surface area contributed by atoms with Crippen LogP contribution < -0.4 is 0 Å². The van der Waals surface area contributed by atoms with Gasteiger partial charge in [0.1, 0.15) is 0 Å². The molecule has 0 bridgehead atoms. The summed E-state index contributed by atoms with van der Waals surface area (Å²) in [6.45, 7) is 17.1. The molecule has 0 aliphatic heterocycles. The third-order valence-electron chi connectivity index (χ3n) is 5.71. The fourth-order valence-electron chi connectivity index (χ4n) is 5.14. The zero-order chi connectivity index (χ0) is 14.6. The predicted octanol–water partition coefficient (Wildman–Crippen LogP) is 6.40. The third kappa shape index (κ3) is 5.12. The number of hydrogen-bond acceptors (Lipinski definition) is 0. The normalized spacial score (nSPS) is 33.2. The summed E-state index contributed by atoms with van der Waals surface area (Å²) in [6, 6.07) is 0. The summed E-state index contributed by atoms with van der Waals surface area (Å²) in [5, 5.41) is 0. The minimum Gasteiger partial charge on any atom is -0.0651 e. The molecular weight excluding hydrogens is 228 g/mol. The molecule has 1 fully saturated rings. The monoisotopic (exact) mass is 266 g/mol. The van der Waals surface area contributed by atoms with Gasteiger partial charge in [-0.05, 0) is 67.1 Å². The Balaban J connectivity index is 2.58. The van der Waals surface area contributed by atoms with Crippen molar-refractivity contribution in [3.8, 4) is 0 Å². The minimum atomic E-state index is 0.836. The quantitative estimate of drug-likeness (QED) is 0.521. The second kappa shape index (κ2) is 7.70. The Labute approximate surface area is 122 Å². The van der Waals surface area contributed by atoms with Gasteiger partial charge in [-0.25, -0.2) is 0 Å². The van der Waals surface area contributed by atoms with Crippen molar-refractivity contribution in [2.24, 2.45) is 41.4 Å². The second-order valence-corrected chi connectivity index (χ2v) is 8.20. The lowest BCUT2D eigenvalue weighted by molar-refractivity contribution is 0.125. The molecule has 0 aromatic heterocycles. The number of rotatable bonds is 6. The SMILES string of the molecule is CCC(C)[C@@H](C(C)C)C(C)CC1C[C@@H](C)C[C@@H](C)C1. The van der Waals surface area contributed by atoms with Crippen molar-refractivity contribution >= 4 is 0 Å². The van der Waals surface area contributed by atoms with Crippen molar-refractivity contribution in [2.75, 3.05) is 0 Å². The summed E-state index contributed by atoms with van der Waals surface area (Å²) in [6.07, 6.45) is 7.25. The van der Waals surface area contributed by atoms with Crippen LogP contribution in [0.2, 0.25) is 0 Å². The molecule has 0 nitrogen and oxygen atoms in total. The standard InChI is InChI=1S/C19H38/c1-8-16(6)19(13(2)3)17(7)12-18-10-14(4)9-15(5)11-18/h13-19H,8-12H2,1-7H3/t14-,15+,16?,17?,18?,19-/m1/s1. The molecule has 0 heteroatoms. The van der Waals surface area contributed by atoms with Crippen molar-refractivity contribution in [1.29, 1.82) is 0 Å². The van der Waals surface area contributed by atoms with Crippen LogP contribution >= 0.6 is 0 Å². The molecule has 114 valence electrons. The molecule has 19 heavy (non-hydrogen) atoms. The first-order chi connectivity index (χ1) is 8.85. The van der Waals surface area contributed by atoms with Gasteiger partial charge in [0.05, 0.1) is 0 Å². The van der Waals surface area contributed by atoms with Gasteiger partial charge < -0.3 is 0 Å². The fraction of sp³-hybridized carbons (Fsp3) is 1.00. The van der Waals surface area contributed by atoms with E-state index in [1.807, 2.05) is 0 Å². The molecule has 6 atom stereocenters. The largest absolute Gasteiger partial charge is 0.0651 e. The van der Waals surface area contributed by atoms with E-state index in [2.05, 4.69) is 48.5 Å². The Hall–Kier alpha value is 0. The highest BCUT2D eigenvalue weighted by atomic mass is 14.4. The van der Waals surface area contributed by atoms with E-state index in [9.17, 15) is 0 Å². The molecule has 0 spiro atoms. The Kier molecular flexibility index (Phi) is 6.91. The molecule has 1 aliphatic carbocycles. The van der Waals surface area contributed by atoms with Gasteiger partial charge in [-0.1, -0.05) is 54.9 Å². The molecule has 0 aromatic carbocycles. The highest BCUT2D eigenvalue weighted by Crippen LogP contribution is 2.40. The van der Waals surface area contributed by atoms with E-state index in [4.69, 9.17) is 0 Å². The molecule has 0 radical (unpaired) electrons. The smallest absolute Gasteiger partial charge is 0.0340 e. The highest BCUT2D eigenvalue weighted by Gasteiger charge is 2.30. The maximum atomic E-state index is 2.53. The summed E-state index contributed by atoms with van der Waals surface area (Å²) < 4.78 is 0. The van der Waals surface area contributed by atoms with Gasteiger partial charge in [-0.15, -0.1) is 0 Å². The molecule has 1 saturated carbocycles. The lowest BCUT2D eigenvalue weighted by Gasteiger charge is -2.38. The topological polar surface area (TPSA) is 0 Å². The summed E-state index contributed by atoms with van der Waals surface area (Å²) in [4.78, 5) is 0. The van der Waals surface area contributed by atoms with Gasteiger partial charge in [0.25, 0.3) is 0 Å². The predicted molar refractivity (Wildman–Crippen MR) is 87.2 cm³/mol. The summed E-state index contributed by atoms with van der Waals surface area (Å²) in [7, 11) is 0. The van der Waals surface area contributed by atoms with Gasteiger partial charge in [0, 0.05) is 0 Å². The molecule has 0 aromatic rings. The molecule has 0 amide bonds. The van der Waals surface area contributed by atoms with Gasteiger partial charge in [-0.2, -0.15) is 0 Å². The molecule has 3 unspecified atom stereocenters. The maximum absolute atomic E-state index is 2.53. The maximum Gasteiger partial charge on any atom is -0.0340 e. The molecule has 1 rings (SSSR count). The van der Waals surface area contributed by atoms with E-state index in [0.29, 0.717) is 0 Å². The van der Waals surface area contributed by atoms with Crippen LogP contribution in [-0.2, 0) is 0 Å². The molecule has 0 saturated heterocycles. The zero-order valence-electron chi connectivity index (χ0n) is 14.6. The third-order valence-corrected chi connectivity index (χ3v) is 5.71. The van der Waals surface area contributed by atoms with E-state index >= 15 is 0 Å². The van der Waals surface area contributed by atoms with Crippen LogP contribution in [0.4, 0.5) is 0 Å². The van der Waals surface area contributed by atoms with E-state index in [0.717, 1.165) is 41.4 Å². The molecule has 0 N–H and O–H groups in total. The minimum absolute atomic E-state index is 0.836. The Morgan fingerprint density at radius 3 is 1.79 bits per heavy atom. The van der Waals surface area contributed by atoms with E-state index in [-0.39, 0.29) is 0 Å². The van der Waals surface area contributed by atoms with Crippen molar-refractivity contribution in [3.05, 3.63) is 0 Å². The highest BCUT2D eigenvalue weighted by molar-refractivity contribution is 4.81. The number of hydrogen-bond donors (Lipinski definition) is 0. The Morgan fingerprint density at radius 2 is 1.37 bits per heavy atom. The van der Waals surface area contributed by atoms with Crippen molar-refractivity contribution in [1.82, 2.24) is 0 Å². The molecule has 0 heterocycles. The van der Waals surface area contributed by atoms with Crippen LogP contribution in [0.15, 0.2) is 0 Å². The van der Waals surface area contributed by atoms with Crippen LogP contribution in [-0.4, -0.2) is 0 Å². The van der Waals surface area contributed by atoms with Gasteiger partial charge in [0.15, 0.2) is 0 Å². The second-order valence-electron chi connectivity index (χ2n) is 8.20. The summed E-state index contributed by atoms with van der Waals surface area (Å²) in [5.74, 6) is 6.45. The van der Waals surface area contributed by atoms with Gasteiger partial charge in [-0.3, -0.25) is 0 Å². The zero-order valence-corrected chi connectivity index (χ0v) is 14.6. The van der Waals surface area contributed by atoms with Crippen molar-refractivity contribution in [2.45, 2.75) is 80.6 Å². The van der Waals surface area contributed by atoms with Crippen LogP contribution in [0.3, 0.4) is 0 Å². The van der Waals surface area contributed by atoms with Crippen molar-refractivity contribution in [3.63, 3.8) is 0 Å². The summed E-state index contributed by atoms with van der Waals surface area (Å²) >= 11 is 0. The first-order valence-corrected chi connectivity index (χ1v) is 8.85. The van der Waals surface area contributed by atoms with E-state index in [1.54, 1.807) is 0 Å². The first-order valence-electron chi connectivity index (χ1n) is 8.85. The van der Waals surface area contributed by atoms with Crippen molar-refractivity contribution < 1.29 is 0 Å². The lowest BCUT2D eigenvalue weighted by Crippen LogP contribution is -2.28. The first kappa shape index (κ1) is 17.1. The lowest BCUT2D eigenvalue weighted by atomic mass is 9.68. The average Bonchev–Trinajstić information content (AvgIpc) is 2.26. The fourth-order valence-corrected chi connectivity index (χ4v) is 5.14. The van der Waals surface area contributed by atoms with Gasteiger partial charge in [0.2, 0.25) is 0 Å². The van der Waals surface area contributed by atoms with E-state index < -0.39 is 0 Å². The average molecular weight is 267 g/mol. The van der Waals surface area contributed by atoms with Crippen LogP contribution in [0.5, 0.6) is 0 Å².